The van der Waals surface area contributed by atoms with Gasteiger partial charge in [0, 0.05) is 32.1 Å². The third-order valence-corrected chi connectivity index (χ3v) is 7.85. The van der Waals surface area contributed by atoms with Crippen LogP contribution in [0.2, 0.25) is 0 Å². The van der Waals surface area contributed by atoms with Gasteiger partial charge in [-0.05, 0) is 59.7 Å². The van der Waals surface area contributed by atoms with Crippen molar-refractivity contribution >= 4 is 33.0 Å². The molecule has 1 unspecified atom stereocenters. The van der Waals surface area contributed by atoms with E-state index < -0.39 is 0 Å². The van der Waals surface area contributed by atoms with Gasteiger partial charge in [-0.15, -0.1) is 11.3 Å². The highest BCUT2D eigenvalue weighted by Crippen LogP contribution is 2.34. The first kappa shape index (κ1) is 19.7. The zero-order chi connectivity index (χ0) is 20.3. The largest absolute Gasteiger partial charge is 0.370 e. The van der Waals surface area contributed by atoms with Crippen LogP contribution >= 0.6 is 11.3 Å². The van der Waals surface area contributed by atoms with E-state index in [1.807, 2.05) is 6.20 Å². The number of benzene rings is 1. The Morgan fingerprint density at radius 2 is 1.87 bits per heavy atom. The van der Waals surface area contributed by atoms with E-state index in [2.05, 4.69) is 51.7 Å². The van der Waals surface area contributed by atoms with Crippen LogP contribution in [0.25, 0.3) is 10.2 Å². The lowest BCUT2D eigenvalue weighted by Crippen LogP contribution is -2.21. The lowest BCUT2D eigenvalue weighted by molar-refractivity contribution is -0.119. The summed E-state index contributed by atoms with van der Waals surface area (Å²) in [5, 5.41) is 2.11. The molecule has 1 saturated carbocycles. The molecule has 1 aliphatic carbocycles. The SMILES string of the molecule is O=C(Cc1ccc(C2CCCCC2)cc1)CC1CCN(c2ccnc3ccsc23)C1. The number of pyridine rings is 1. The maximum absolute atomic E-state index is 12.7. The first-order chi connectivity index (χ1) is 14.8. The minimum atomic E-state index is 0.378. The molecule has 5 rings (SSSR count). The zero-order valence-electron chi connectivity index (χ0n) is 17.6. The zero-order valence-corrected chi connectivity index (χ0v) is 18.4. The maximum Gasteiger partial charge on any atom is 0.137 e. The Morgan fingerprint density at radius 1 is 1.03 bits per heavy atom. The Labute approximate surface area is 183 Å². The highest BCUT2D eigenvalue weighted by molar-refractivity contribution is 7.17. The van der Waals surface area contributed by atoms with E-state index in [1.165, 1.54) is 53.6 Å². The molecule has 1 atom stereocenters. The molecule has 0 radical (unpaired) electrons. The Balaban J connectivity index is 1.16. The molecule has 2 aliphatic rings. The molecule has 3 aromatic rings. The van der Waals surface area contributed by atoms with Crippen molar-refractivity contribution in [2.45, 2.75) is 57.3 Å². The minimum Gasteiger partial charge on any atom is -0.370 e. The molecule has 30 heavy (non-hydrogen) atoms. The number of anilines is 1. The molecule has 0 amide bonds. The number of ketones is 1. The van der Waals surface area contributed by atoms with E-state index in [0.717, 1.165) is 30.9 Å². The summed E-state index contributed by atoms with van der Waals surface area (Å²) in [7, 11) is 0. The van der Waals surface area contributed by atoms with Crippen molar-refractivity contribution in [1.29, 1.82) is 0 Å². The molecule has 2 fully saturated rings. The first-order valence-electron chi connectivity index (χ1n) is 11.4. The van der Waals surface area contributed by atoms with Crippen LogP contribution in [0.4, 0.5) is 5.69 Å². The van der Waals surface area contributed by atoms with Crippen LogP contribution in [0.15, 0.2) is 48.0 Å². The van der Waals surface area contributed by atoms with E-state index in [4.69, 9.17) is 0 Å². The number of hydrogen-bond donors (Lipinski definition) is 0. The van der Waals surface area contributed by atoms with Gasteiger partial charge in [-0.25, -0.2) is 0 Å². The van der Waals surface area contributed by atoms with Crippen molar-refractivity contribution in [3.63, 3.8) is 0 Å². The number of carbonyl (C=O) groups excluding carboxylic acids is 1. The lowest BCUT2D eigenvalue weighted by atomic mass is 9.84. The van der Waals surface area contributed by atoms with Gasteiger partial charge in [0.05, 0.1) is 15.9 Å². The van der Waals surface area contributed by atoms with Crippen LogP contribution in [0.5, 0.6) is 0 Å². The molecule has 4 heteroatoms. The van der Waals surface area contributed by atoms with Gasteiger partial charge in [-0.1, -0.05) is 43.5 Å². The van der Waals surface area contributed by atoms with Crippen molar-refractivity contribution in [1.82, 2.24) is 4.98 Å². The fourth-order valence-electron chi connectivity index (χ4n) is 5.29. The average Bonchev–Trinajstić information content (AvgIpc) is 3.44. The Morgan fingerprint density at radius 3 is 2.70 bits per heavy atom. The van der Waals surface area contributed by atoms with Gasteiger partial charge in [0.1, 0.15) is 5.78 Å². The average molecular weight is 419 g/mol. The topological polar surface area (TPSA) is 33.2 Å². The summed E-state index contributed by atoms with van der Waals surface area (Å²) in [5.74, 6) is 1.57. The Hall–Kier alpha value is -2.20. The smallest absolute Gasteiger partial charge is 0.137 e. The fraction of sp³-hybridized carbons (Fsp3) is 0.462. The molecule has 0 bridgehead atoms. The highest BCUT2D eigenvalue weighted by atomic mass is 32.1. The van der Waals surface area contributed by atoms with E-state index in [1.54, 1.807) is 11.3 Å². The van der Waals surface area contributed by atoms with Crippen molar-refractivity contribution < 1.29 is 4.79 Å². The summed E-state index contributed by atoms with van der Waals surface area (Å²) in [4.78, 5) is 19.6. The molecule has 2 aromatic heterocycles. The third kappa shape index (κ3) is 4.29. The summed E-state index contributed by atoms with van der Waals surface area (Å²) in [6.07, 6.45) is 11.0. The number of nitrogens with zero attached hydrogens (tertiary/aromatic N) is 2. The van der Waals surface area contributed by atoms with Crippen molar-refractivity contribution in [3.05, 3.63) is 59.1 Å². The van der Waals surface area contributed by atoms with Crippen LogP contribution < -0.4 is 4.90 Å². The molecule has 3 heterocycles. The molecule has 3 nitrogen and oxygen atoms in total. The molecule has 0 N–H and O–H groups in total. The summed E-state index contributed by atoms with van der Waals surface area (Å²) in [6.45, 7) is 2.01. The number of carbonyl (C=O) groups is 1. The van der Waals surface area contributed by atoms with Gasteiger partial charge in [-0.3, -0.25) is 9.78 Å². The quantitative estimate of drug-likeness (QED) is 0.466. The van der Waals surface area contributed by atoms with Crippen molar-refractivity contribution in [3.8, 4) is 0 Å². The van der Waals surface area contributed by atoms with Gasteiger partial charge < -0.3 is 4.90 Å². The molecule has 1 saturated heterocycles. The fourth-order valence-corrected chi connectivity index (χ4v) is 6.18. The normalized spacial score (nSPS) is 20.1. The number of rotatable bonds is 6. The minimum absolute atomic E-state index is 0.378. The third-order valence-electron chi connectivity index (χ3n) is 6.92. The van der Waals surface area contributed by atoms with Gasteiger partial charge in [0.25, 0.3) is 0 Å². The molecular weight excluding hydrogens is 388 g/mol. The van der Waals surface area contributed by atoms with Crippen LogP contribution in [0.1, 0.15) is 62.0 Å². The number of aromatic nitrogens is 1. The molecule has 1 aromatic carbocycles. The summed E-state index contributed by atoms with van der Waals surface area (Å²) in [5.41, 5.74) is 5.00. The van der Waals surface area contributed by atoms with E-state index in [-0.39, 0.29) is 0 Å². The molecule has 0 spiro atoms. The van der Waals surface area contributed by atoms with Crippen LogP contribution in [0, 0.1) is 5.92 Å². The van der Waals surface area contributed by atoms with Crippen LogP contribution in [-0.2, 0) is 11.2 Å². The van der Waals surface area contributed by atoms with Gasteiger partial charge in [0.2, 0.25) is 0 Å². The summed E-state index contributed by atoms with van der Waals surface area (Å²) < 4.78 is 1.27. The van der Waals surface area contributed by atoms with E-state index >= 15 is 0 Å². The molecule has 1 aliphatic heterocycles. The predicted octanol–water partition coefficient (Wildman–Crippen LogP) is 6.37. The predicted molar refractivity (Wildman–Crippen MR) is 126 cm³/mol. The van der Waals surface area contributed by atoms with E-state index in [9.17, 15) is 4.79 Å². The summed E-state index contributed by atoms with van der Waals surface area (Å²) in [6, 6.07) is 13.1. The molecular formula is C26H30N2OS. The first-order valence-corrected chi connectivity index (χ1v) is 12.3. The summed E-state index contributed by atoms with van der Waals surface area (Å²) >= 11 is 1.76. The monoisotopic (exact) mass is 418 g/mol. The van der Waals surface area contributed by atoms with Gasteiger partial charge in [0.15, 0.2) is 0 Å². The van der Waals surface area contributed by atoms with Crippen LogP contribution in [-0.4, -0.2) is 23.9 Å². The number of fused-ring (bicyclic) bond motifs is 1. The van der Waals surface area contributed by atoms with Gasteiger partial charge >= 0.3 is 0 Å². The second-order valence-electron chi connectivity index (χ2n) is 9.06. The van der Waals surface area contributed by atoms with Crippen LogP contribution in [0.3, 0.4) is 0 Å². The second-order valence-corrected chi connectivity index (χ2v) is 9.98. The number of thiophene rings is 1. The maximum atomic E-state index is 12.7. The number of Topliss-reactive ketones (excluding diaryl/α,β-unsaturated/α-hetero) is 1. The standard InChI is InChI=1S/C26H30N2OS/c29-23(16-19-6-8-22(9-7-19)21-4-2-1-3-5-21)17-20-11-14-28(18-20)25-10-13-27-24-12-15-30-26(24)25/h6-10,12-13,15,20-21H,1-5,11,14,16-18H2. The molecule has 156 valence electrons. The highest BCUT2D eigenvalue weighted by Gasteiger charge is 2.26. The van der Waals surface area contributed by atoms with E-state index in [0.29, 0.717) is 24.5 Å². The van der Waals surface area contributed by atoms with Crippen molar-refractivity contribution in [2.75, 3.05) is 18.0 Å². The van der Waals surface area contributed by atoms with Gasteiger partial charge in [-0.2, -0.15) is 0 Å². The second kappa shape index (κ2) is 8.89. The lowest BCUT2D eigenvalue weighted by Gasteiger charge is -2.22. The Bertz CT molecular complexity index is 1000. The number of hydrogen-bond acceptors (Lipinski definition) is 4. The Kier molecular flexibility index (Phi) is 5.85. The van der Waals surface area contributed by atoms with Crippen molar-refractivity contribution in [2.24, 2.45) is 5.92 Å².